The lowest BCUT2D eigenvalue weighted by molar-refractivity contribution is 0.0693. The minimum atomic E-state index is -1.01. The van der Waals surface area contributed by atoms with Gasteiger partial charge in [-0.15, -0.1) is 0 Å². The molecule has 2 N–H and O–H groups in total. The molecule has 0 amide bonds. The quantitative estimate of drug-likeness (QED) is 0.824. The molecule has 0 saturated heterocycles. The molecule has 7 heteroatoms. The Hall–Kier alpha value is -1.60. The van der Waals surface area contributed by atoms with E-state index in [1.165, 1.54) is 12.1 Å². The monoisotopic (exact) mass is 354 g/mol. The Kier molecular flexibility index (Phi) is 4.61. The molecule has 5 nitrogen and oxygen atoms in total. The number of carboxylic acid groups (broad SMARTS) is 1. The number of carbonyl (C=O) groups is 1. The van der Waals surface area contributed by atoms with Crippen LogP contribution in [0.25, 0.3) is 0 Å². The summed E-state index contributed by atoms with van der Waals surface area (Å²) in [6, 6.07) is 6.23. The van der Waals surface area contributed by atoms with Crippen LogP contribution < -0.4 is 5.56 Å². The van der Waals surface area contributed by atoms with Gasteiger partial charge in [-0.2, -0.15) is 0 Å². The predicted molar refractivity (Wildman–Crippen MR) is 79.5 cm³/mol. The van der Waals surface area contributed by atoms with E-state index in [1.807, 2.05) is 6.92 Å². The Balaban J connectivity index is 2.44. The fourth-order valence-electron chi connectivity index (χ4n) is 1.57. The molecular weight excluding hydrogens is 344 g/mol. The maximum absolute atomic E-state index is 11.5. The summed E-state index contributed by atoms with van der Waals surface area (Å²) in [5, 5.41) is 9.65. The van der Waals surface area contributed by atoms with Crippen LogP contribution in [0.3, 0.4) is 0 Å². The molecule has 1 aromatic carbocycles. The normalized spacial score (nSPS) is 10.5. The Morgan fingerprint density at radius 2 is 2.20 bits per heavy atom. The van der Waals surface area contributed by atoms with Crippen LogP contribution in [0.15, 0.2) is 43.5 Å². The summed E-state index contributed by atoms with van der Waals surface area (Å²) in [6.07, 6.45) is 0.605. The van der Waals surface area contributed by atoms with Crippen LogP contribution in [0.5, 0.6) is 0 Å². The van der Waals surface area contributed by atoms with Crippen molar-refractivity contribution in [2.24, 2.45) is 0 Å². The minimum Gasteiger partial charge on any atom is -0.478 e. The minimum absolute atomic E-state index is 0.179. The van der Waals surface area contributed by atoms with Crippen molar-refractivity contribution in [1.82, 2.24) is 9.97 Å². The molecule has 2 aromatic rings. The van der Waals surface area contributed by atoms with Crippen molar-refractivity contribution in [2.75, 3.05) is 0 Å². The zero-order valence-electron chi connectivity index (χ0n) is 10.5. The van der Waals surface area contributed by atoms with Gasteiger partial charge in [-0.05, 0) is 18.2 Å². The number of hydrogen-bond acceptors (Lipinski definition) is 4. The van der Waals surface area contributed by atoms with Crippen molar-refractivity contribution in [3.05, 3.63) is 50.5 Å². The molecule has 0 unspecified atom stereocenters. The number of nitrogens with zero attached hydrogens (tertiary/aromatic N) is 1. The Morgan fingerprint density at radius 1 is 1.45 bits per heavy atom. The molecule has 104 valence electrons. The van der Waals surface area contributed by atoms with Crippen molar-refractivity contribution >= 4 is 33.7 Å². The van der Waals surface area contributed by atoms with E-state index in [0.717, 1.165) is 16.2 Å². The molecule has 0 saturated carbocycles. The van der Waals surface area contributed by atoms with E-state index in [1.54, 1.807) is 12.1 Å². The number of hydrogen-bond donors (Lipinski definition) is 2. The van der Waals surface area contributed by atoms with Gasteiger partial charge in [0.1, 0.15) is 10.9 Å². The van der Waals surface area contributed by atoms with Gasteiger partial charge in [0.15, 0.2) is 0 Å². The fourth-order valence-corrected chi connectivity index (χ4v) is 3.08. The van der Waals surface area contributed by atoms with E-state index in [0.29, 0.717) is 22.2 Å². The molecule has 0 radical (unpaired) electrons. The van der Waals surface area contributed by atoms with Crippen LogP contribution in [-0.2, 0) is 6.42 Å². The summed E-state index contributed by atoms with van der Waals surface area (Å²) in [7, 11) is 0. The molecule has 2 rings (SSSR count). The van der Waals surface area contributed by atoms with Gasteiger partial charge in [0, 0.05) is 21.9 Å². The molecule has 0 bridgehead atoms. The molecule has 1 heterocycles. The number of aromatic carboxylic acids is 1. The number of benzene rings is 1. The highest BCUT2D eigenvalue weighted by atomic mass is 79.9. The van der Waals surface area contributed by atoms with Gasteiger partial charge >= 0.3 is 5.97 Å². The summed E-state index contributed by atoms with van der Waals surface area (Å²) in [4.78, 5) is 30.1. The lowest BCUT2D eigenvalue weighted by Gasteiger charge is -2.06. The third-order valence-electron chi connectivity index (χ3n) is 2.49. The molecule has 0 aliphatic rings. The van der Waals surface area contributed by atoms with Gasteiger partial charge in [-0.1, -0.05) is 34.6 Å². The maximum Gasteiger partial charge on any atom is 0.336 e. The second-order valence-electron chi connectivity index (χ2n) is 3.93. The largest absolute Gasteiger partial charge is 0.478 e. The van der Waals surface area contributed by atoms with E-state index >= 15 is 0 Å². The van der Waals surface area contributed by atoms with Crippen molar-refractivity contribution in [3.8, 4) is 0 Å². The standard InChI is InChI=1S/C13H11BrN2O3S/c1-2-10-15-11(17)6-12(16-10)20-9-5-7(14)3-4-8(9)13(18)19/h3-6H,2H2,1H3,(H,18,19)(H,15,16,17). The average Bonchev–Trinajstić information content (AvgIpc) is 2.37. The van der Waals surface area contributed by atoms with E-state index in [2.05, 4.69) is 25.9 Å². The average molecular weight is 355 g/mol. The van der Waals surface area contributed by atoms with E-state index in [-0.39, 0.29) is 11.1 Å². The molecule has 0 atom stereocenters. The molecule has 1 aromatic heterocycles. The summed E-state index contributed by atoms with van der Waals surface area (Å²) in [5.41, 5.74) is -0.0652. The molecular formula is C13H11BrN2O3S. The zero-order valence-corrected chi connectivity index (χ0v) is 12.9. The molecule has 20 heavy (non-hydrogen) atoms. The number of nitrogens with one attached hydrogen (secondary N) is 1. The Labute approximate surface area is 127 Å². The first-order chi connectivity index (χ1) is 9.49. The van der Waals surface area contributed by atoms with Gasteiger partial charge in [0.05, 0.1) is 5.56 Å². The number of aromatic amines is 1. The van der Waals surface area contributed by atoms with Crippen LogP contribution in [-0.4, -0.2) is 21.0 Å². The highest BCUT2D eigenvalue weighted by molar-refractivity contribution is 9.10. The second kappa shape index (κ2) is 6.23. The first kappa shape index (κ1) is 14.8. The second-order valence-corrected chi connectivity index (χ2v) is 5.91. The van der Waals surface area contributed by atoms with Crippen LogP contribution in [0.4, 0.5) is 0 Å². The smallest absolute Gasteiger partial charge is 0.336 e. The zero-order chi connectivity index (χ0) is 14.7. The first-order valence-corrected chi connectivity index (χ1v) is 7.41. The highest BCUT2D eigenvalue weighted by Crippen LogP contribution is 2.31. The molecule has 0 aliphatic carbocycles. The predicted octanol–water partition coefficient (Wildman–Crippen LogP) is 2.94. The first-order valence-electron chi connectivity index (χ1n) is 5.80. The van der Waals surface area contributed by atoms with E-state index < -0.39 is 5.97 Å². The van der Waals surface area contributed by atoms with E-state index in [4.69, 9.17) is 0 Å². The van der Waals surface area contributed by atoms with Gasteiger partial charge in [0.2, 0.25) is 0 Å². The topological polar surface area (TPSA) is 83.0 Å². The number of aromatic nitrogens is 2. The molecule has 0 spiro atoms. The van der Waals surface area contributed by atoms with Crippen molar-refractivity contribution in [1.29, 1.82) is 0 Å². The third-order valence-corrected chi connectivity index (χ3v) is 3.96. The van der Waals surface area contributed by atoms with Crippen LogP contribution in [0.2, 0.25) is 0 Å². The number of H-pyrrole nitrogens is 1. The van der Waals surface area contributed by atoms with E-state index in [9.17, 15) is 14.7 Å². The van der Waals surface area contributed by atoms with Crippen molar-refractivity contribution in [3.63, 3.8) is 0 Å². The van der Waals surface area contributed by atoms with Gasteiger partial charge < -0.3 is 10.1 Å². The third kappa shape index (κ3) is 3.49. The highest BCUT2D eigenvalue weighted by Gasteiger charge is 2.13. The van der Waals surface area contributed by atoms with Crippen LogP contribution in [0, 0.1) is 0 Å². The Morgan fingerprint density at radius 3 is 2.85 bits per heavy atom. The van der Waals surface area contributed by atoms with Crippen molar-refractivity contribution < 1.29 is 9.90 Å². The fraction of sp³-hybridized carbons (Fsp3) is 0.154. The van der Waals surface area contributed by atoms with Gasteiger partial charge in [-0.3, -0.25) is 4.79 Å². The summed E-state index contributed by atoms with van der Waals surface area (Å²) in [5.74, 6) is -0.438. The summed E-state index contributed by atoms with van der Waals surface area (Å²) in [6.45, 7) is 1.88. The SMILES string of the molecule is CCc1nc(Sc2cc(Br)ccc2C(=O)O)cc(=O)[nH]1. The maximum atomic E-state index is 11.5. The lowest BCUT2D eigenvalue weighted by Crippen LogP contribution is -2.10. The summed E-state index contributed by atoms with van der Waals surface area (Å²) >= 11 is 4.47. The summed E-state index contributed by atoms with van der Waals surface area (Å²) < 4.78 is 0.769. The number of halogens is 1. The van der Waals surface area contributed by atoms with Gasteiger partial charge in [0.25, 0.3) is 5.56 Å². The molecule has 0 fully saturated rings. The van der Waals surface area contributed by atoms with Crippen molar-refractivity contribution in [2.45, 2.75) is 23.3 Å². The Bertz CT molecular complexity index is 715. The number of rotatable bonds is 4. The van der Waals surface area contributed by atoms with Crippen LogP contribution >= 0.6 is 27.7 Å². The van der Waals surface area contributed by atoms with Gasteiger partial charge in [-0.25, -0.2) is 9.78 Å². The number of carboxylic acids is 1. The van der Waals surface area contributed by atoms with Crippen LogP contribution in [0.1, 0.15) is 23.1 Å². The molecule has 0 aliphatic heterocycles. The number of aryl methyl sites for hydroxylation is 1. The lowest BCUT2D eigenvalue weighted by atomic mass is 10.2.